The molecule has 7 heteroatoms. The summed E-state index contributed by atoms with van der Waals surface area (Å²) in [7, 11) is 0. The van der Waals surface area contributed by atoms with Gasteiger partial charge in [0, 0.05) is 29.5 Å². The Morgan fingerprint density at radius 3 is 2.36 bits per heavy atom. The second-order valence-electron chi connectivity index (χ2n) is 5.45. The van der Waals surface area contributed by atoms with Crippen molar-refractivity contribution in [1.82, 2.24) is 14.6 Å². The minimum absolute atomic E-state index is 0.0396. The molecule has 0 fully saturated rings. The second kappa shape index (κ2) is 6.03. The molecule has 0 spiro atoms. The number of fused-ring (bicyclic) bond motifs is 1. The Bertz CT molecular complexity index is 1080. The SMILES string of the molecule is O=[N+]([O-])c1ccc(-c2nn3ccc(-c4ccccc4)nc3c2S)cc1. The summed E-state index contributed by atoms with van der Waals surface area (Å²) in [6.07, 6.45) is 1.83. The number of hydrogen-bond donors (Lipinski definition) is 1. The van der Waals surface area contributed by atoms with Crippen LogP contribution in [0.25, 0.3) is 28.2 Å². The van der Waals surface area contributed by atoms with E-state index < -0.39 is 4.92 Å². The zero-order valence-electron chi connectivity index (χ0n) is 12.9. The molecule has 2 aromatic carbocycles. The number of benzene rings is 2. The monoisotopic (exact) mass is 348 g/mol. The largest absolute Gasteiger partial charge is 0.269 e. The number of rotatable bonds is 3. The van der Waals surface area contributed by atoms with Crippen LogP contribution in [0.3, 0.4) is 0 Å². The van der Waals surface area contributed by atoms with Crippen LogP contribution in [0.4, 0.5) is 5.69 Å². The van der Waals surface area contributed by atoms with Gasteiger partial charge >= 0.3 is 0 Å². The van der Waals surface area contributed by atoms with Gasteiger partial charge in [-0.3, -0.25) is 10.1 Å². The van der Waals surface area contributed by atoms with Crippen molar-refractivity contribution >= 4 is 24.0 Å². The van der Waals surface area contributed by atoms with Gasteiger partial charge in [0.05, 0.1) is 15.5 Å². The molecule has 0 unspecified atom stereocenters. The molecule has 4 aromatic rings. The van der Waals surface area contributed by atoms with Gasteiger partial charge in [0.2, 0.25) is 0 Å². The first-order valence-corrected chi connectivity index (χ1v) is 7.97. The molecule has 2 heterocycles. The minimum atomic E-state index is -0.428. The van der Waals surface area contributed by atoms with Gasteiger partial charge in [-0.2, -0.15) is 5.10 Å². The lowest BCUT2D eigenvalue weighted by atomic mass is 10.1. The van der Waals surface area contributed by atoms with Crippen LogP contribution in [0.2, 0.25) is 0 Å². The summed E-state index contributed by atoms with van der Waals surface area (Å²) in [6, 6.07) is 18.0. The maximum absolute atomic E-state index is 10.8. The van der Waals surface area contributed by atoms with Gasteiger partial charge in [-0.1, -0.05) is 30.3 Å². The summed E-state index contributed by atoms with van der Waals surface area (Å²) >= 11 is 4.57. The molecular weight excluding hydrogens is 336 g/mol. The first-order chi connectivity index (χ1) is 12.1. The third-order valence-electron chi connectivity index (χ3n) is 3.88. The van der Waals surface area contributed by atoms with Crippen LogP contribution in [0.1, 0.15) is 0 Å². The Morgan fingerprint density at radius 1 is 0.960 bits per heavy atom. The maximum Gasteiger partial charge on any atom is 0.269 e. The molecule has 0 amide bonds. The molecule has 0 aliphatic carbocycles. The third kappa shape index (κ3) is 2.74. The Kier molecular flexibility index (Phi) is 3.70. The van der Waals surface area contributed by atoms with E-state index in [1.807, 2.05) is 42.6 Å². The first-order valence-electron chi connectivity index (χ1n) is 7.52. The molecule has 0 aliphatic rings. The predicted molar refractivity (Wildman–Crippen MR) is 97.8 cm³/mol. The standard InChI is InChI=1S/C18H12N4O2S/c23-22(24)14-8-6-13(7-9-14)16-17(25)18-19-15(10-11-21(18)20-16)12-4-2-1-3-5-12/h1-11,25H. The first kappa shape index (κ1) is 15.3. The molecule has 25 heavy (non-hydrogen) atoms. The summed E-state index contributed by atoms with van der Waals surface area (Å²) < 4.78 is 1.66. The highest BCUT2D eigenvalue weighted by atomic mass is 32.1. The number of nitro groups is 1. The van der Waals surface area contributed by atoms with Gasteiger partial charge in [-0.15, -0.1) is 12.6 Å². The lowest BCUT2D eigenvalue weighted by Gasteiger charge is -2.01. The van der Waals surface area contributed by atoms with Gasteiger partial charge in [0.15, 0.2) is 5.65 Å². The van der Waals surface area contributed by atoms with Gasteiger partial charge in [-0.05, 0) is 18.2 Å². The summed E-state index contributed by atoms with van der Waals surface area (Å²) in [4.78, 5) is 15.6. The van der Waals surface area contributed by atoms with Crippen LogP contribution in [-0.2, 0) is 0 Å². The second-order valence-corrected chi connectivity index (χ2v) is 5.90. The van der Waals surface area contributed by atoms with Crippen LogP contribution in [0.15, 0.2) is 71.8 Å². The Labute approximate surface area is 148 Å². The normalized spacial score (nSPS) is 10.9. The van der Waals surface area contributed by atoms with E-state index in [9.17, 15) is 10.1 Å². The summed E-state index contributed by atoms with van der Waals surface area (Å²) in [5, 5.41) is 15.3. The number of non-ortho nitro benzene ring substituents is 1. The van der Waals surface area contributed by atoms with E-state index in [-0.39, 0.29) is 5.69 Å². The van der Waals surface area contributed by atoms with Crippen molar-refractivity contribution in [3.05, 3.63) is 77.0 Å². The van der Waals surface area contributed by atoms with Crippen LogP contribution in [-0.4, -0.2) is 19.5 Å². The molecule has 0 saturated carbocycles. The zero-order valence-corrected chi connectivity index (χ0v) is 13.8. The Morgan fingerprint density at radius 2 is 1.68 bits per heavy atom. The summed E-state index contributed by atoms with van der Waals surface area (Å²) in [5.41, 5.74) is 3.91. The molecule has 0 radical (unpaired) electrons. The quantitative estimate of drug-likeness (QED) is 0.341. The summed E-state index contributed by atoms with van der Waals surface area (Å²) in [5.74, 6) is 0. The fourth-order valence-corrected chi connectivity index (χ4v) is 2.95. The highest BCUT2D eigenvalue weighted by Crippen LogP contribution is 2.30. The van der Waals surface area contributed by atoms with E-state index in [1.54, 1.807) is 16.6 Å². The molecule has 122 valence electrons. The van der Waals surface area contributed by atoms with Gasteiger partial charge < -0.3 is 0 Å². The highest BCUT2D eigenvalue weighted by molar-refractivity contribution is 7.80. The third-order valence-corrected chi connectivity index (χ3v) is 4.29. The van der Waals surface area contributed by atoms with Gasteiger partial charge in [0.1, 0.15) is 5.69 Å². The Hall–Kier alpha value is -3.19. The van der Waals surface area contributed by atoms with Crippen molar-refractivity contribution < 1.29 is 4.92 Å². The average molecular weight is 348 g/mol. The van der Waals surface area contributed by atoms with Crippen LogP contribution < -0.4 is 0 Å². The Balaban J connectivity index is 1.81. The smallest absolute Gasteiger partial charge is 0.258 e. The van der Waals surface area contributed by atoms with Crippen molar-refractivity contribution in [2.75, 3.05) is 0 Å². The van der Waals surface area contributed by atoms with Crippen LogP contribution in [0.5, 0.6) is 0 Å². The zero-order chi connectivity index (χ0) is 17.4. The van der Waals surface area contributed by atoms with E-state index >= 15 is 0 Å². The molecule has 2 aromatic heterocycles. The summed E-state index contributed by atoms with van der Waals surface area (Å²) in [6.45, 7) is 0. The molecular formula is C18H12N4O2S. The minimum Gasteiger partial charge on any atom is -0.258 e. The fraction of sp³-hybridized carbons (Fsp3) is 0. The molecule has 0 N–H and O–H groups in total. The number of nitro benzene ring substituents is 1. The maximum atomic E-state index is 10.8. The van der Waals surface area contributed by atoms with Gasteiger partial charge in [-0.25, -0.2) is 9.50 Å². The van der Waals surface area contributed by atoms with E-state index in [4.69, 9.17) is 0 Å². The van der Waals surface area contributed by atoms with E-state index in [0.717, 1.165) is 16.8 Å². The molecule has 6 nitrogen and oxygen atoms in total. The molecule has 0 atom stereocenters. The highest BCUT2D eigenvalue weighted by Gasteiger charge is 2.15. The molecule has 0 saturated heterocycles. The van der Waals surface area contributed by atoms with Crippen molar-refractivity contribution in [2.24, 2.45) is 0 Å². The molecule has 4 rings (SSSR count). The van der Waals surface area contributed by atoms with Crippen molar-refractivity contribution in [3.8, 4) is 22.5 Å². The average Bonchev–Trinajstić information content (AvgIpc) is 2.99. The van der Waals surface area contributed by atoms with E-state index in [1.165, 1.54) is 12.1 Å². The number of aromatic nitrogens is 3. The number of hydrogen-bond acceptors (Lipinski definition) is 5. The molecule has 0 bridgehead atoms. The van der Waals surface area contributed by atoms with Gasteiger partial charge in [0.25, 0.3) is 5.69 Å². The van der Waals surface area contributed by atoms with Crippen LogP contribution >= 0.6 is 12.6 Å². The topological polar surface area (TPSA) is 73.3 Å². The number of nitrogens with zero attached hydrogens (tertiary/aromatic N) is 4. The van der Waals surface area contributed by atoms with Crippen molar-refractivity contribution in [1.29, 1.82) is 0 Å². The van der Waals surface area contributed by atoms with E-state index in [2.05, 4.69) is 22.7 Å². The van der Waals surface area contributed by atoms with Crippen LogP contribution in [0, 0.1) is 10.1 Å². The fourth-order valence-electron chi connectivity index (χ4n) is 2.62. The predicted octanol–water partition coefficient (Wildman–Crippen LogP) is 4.26. The lowest BCUT2D eigenvalue weighted by molar-refractivity contribution is -0.384. The number of thiol groups is 1. The van der Waals surface area contributed by atoms with Crippen molar-refractivity contribution in [2.45, 2.75) is 4.90 Å². The van der Waals surface area contributed by atoms with Crippen molar-refractivity contribution in [3.63, 3.8) is 0 Å². The molecule has 0 aliphatic heterocycles. The lowest BCUT2D eigenvalue weighted by Crippen LogP contribution is -1.92. The van der Waals surface area contributed by atoms with E-state index in [0.29, 0.717) is 16.2 Å².